The Labute approximate surface area is 201 Å². The zero-order chi connectivity index (χ0) is 24.8. The zero-order valence-corrected chi connectivity index (χ0v) is 19.2. The Morgan fingerprint density at radius 3 is 2.51 bits per heavy atom. The fourth-order valence-corrected chi connectivity index (χ4v) is 3.47. The van der Waals surface area contributed by atoms with Gasteiger partial charge in [0.1, 0.15) is 17.3 Å². The molecule has 1 heterocycles. The predicted octanol–water partition coefficient (Wildman–Crippen LogP) is 5.24. The third kappa shape index (κ3) is 5.73. The van der Waals surface area contributed by atoms with Crippen molar-refractivity contribution in [1.82, 2.24) is 4.98 Å². The van der Waals surface area contributed by atoms with Crippen molar-refractivity contribution in [3.05, 3.63) is 84.2 Å². The number of nitrogens with zero attached hydrogens (tertiary/aromatic N) is 1. The van der Waals surface area contributed by atoms with Gasteiger partial charge in [-0.25, -0.2) is 14.2 Å². The van der Waals surface area contributed by atoms with Gasteiger partial charge in [0.05, 0.1) is 30.5 Å². The van der Waals surface area contributed by atoms with Crippen LogP contribution in [-0.4, -0.2) is 37.2 Å². The number of nitrogens with one attached hydrogen (secondary N) is 1. The molecule has 0 saturated carbocycles. The SMILES string of the molecule is CCOC(=O)c1ccc2nc(-c3ccc(OC)cc3)cc(OCC(=O)Nc3cccc(F)c3)c2c1. The minimum absolute atomic E-state index is 0.245. The highest BCUT2D eigenvalue weighted by Crippen LogP contribution is 2.32. The lowest BCUT2D eigenvalue weighted by Gasteiger charge is -2.13. The van der Waals surface area contributed by atoms with Crippen molar-refractivity contribution in [2.24, 2.45) is 0 Å². The Morgan fingerprint density at radius 1 is 1.00 bits per heavy atom. The predicted molar refractivity (Wildman–Crippen MR) is 130 cm³/mol. The lowest BCUT2D eigenvalue weighted by Crippen LogP contribution is -2.20. The number of pyridine rings is 1. The van der Waals surface area contributed by atoms with E-state index in [0.29, 0.717) is 39.3 Å². The second-order valence-corrected chi connectivity index (χ2v) is 7.53. The van der Waals surface area contributed by atoms with Gasteiger partial charge in [-0.15, -0.1) is 0 Å². The molecule has 0 aliphatic heterocycles. The standard InChI is InChI=1S/C27H23FN2O5/c1-3-34-27(32)18-9-12-23-22(13-18)25(15-24(30-23)17-7-10-21(33-2)11-8-17)35-16-26(31)29-20-6-4-5-19(28)14-20/h4-15H,3,16H2,1-2H3,(H,29,31). The van der Waals surface area contributed by atoms with Gasteiger partial charge in [0.25, 0.3) is 5.91 Å². The lowest BCUT2D eigenvalue weighted by atomic mass is 10.1. The number of carbonyl (C=O) groups is 2. The number of ether oxygens (including phenoxy) is 3. The summed E-state index contributed by atoms with van der Waals surface area (Å²) in [6, 6.07) is 19.6. The van der Waals surface area contributed by atoms with Crippen LogP contribution in [0.5, 0.6) is 11.5 Å². The first-order valence-electron chi connectivity index (χ1n) is 10.9. The number of halogens is 1. The second kappa shape index (κ2) is 10.6. The minimum atomic E-state index is -0.469. The molecule has 0 radical (unpaired) electrons. The van der Waals surface area contributed by atoms with Crippen LogP contribution in [0, 0.1) is 5.82 Å². The molecule has 0 saturated heterocycles. The zero-order valence-electron chi connectivity index (χ0n) is 19.2. The maximum atomic E-state index is 13.4. The Hall–Kier alpha value is -4.46. The van der Waals surface area contributed by atoms with E-state index in [1.807, 2.05) is 24.3 Å². The number of esters is 1. The van der Waals surface area contributed by atoms with E-state index in [-0.39, 0.29) is 13.2 Å². The highest BCUT2D eigenvalue weighted by Gasteiger charge is 2.15. The van der Waals surface area contributed by atoms with Gasteiger partial charge in [-0.05, 0) is 67.6 Å². The fraction of sp³-hybridized carbons (Fsp3) is 0.148. The molecule has 0 spiro atoms. The molecule has 0 fully saturated rings. The van der Waals surface area contributed by atoms with Crippen LogP contribution in [0.1, 0.15) is 17.3 Å². The Balaban J connectivity index is 1.67. The van der Waals surface area contributed by atoms with Crippen LogP contribution in [0.25, 0.3) is 22.2 Å². The van der Waals surface area contributed by atoms with E-state index in [2.05, 4.69) is 5.32 Å². The van der Waals surface area contributed by atoms with Crippen LogP contribution >= 0.6 is 0 Å². The van der Waals surface area contributed by atoms with Crippen LogP contribution in [0.2, 0.25) is 0 Å². The summed E-state index contributed by atoms with van der Waals surface area (Å²) in [4.78, 5) is 29.4. The van der Waals surface area contributed by atoms with Crippen LogP contribution in [0.4, 0.5) is 10.1 Å². The van der Waals surface area contributed by atoms with Crippen molar-refractivity contribution >= 4 is 28.5 Å². The van der Waals surface area contributed by atoms with Gasteiger partial charge in [-0.1, -0.05) is 6.07 Å². The van der Waals surface area contributed by atoms with Crippen molar-refractivity contribution in [3.8, 4) is 22.8 Å². The summed E-state index contributed by atoms with van der Waals surface area (Å²) in [5.74, 6) is -0.323. The molecule has 178 valence electrons. The molecule has 0 unspecified atom stereocenters. The Morgan fingerprint density at radius 2 is 1.80 bits per heavy atom. The molecule has 35 heavy (non-hydrogen) atoms. The summed E-state index contributed by atoms with van der Waals surface area (Å²) < 4.78 is 29.6. The van der Waals surface area contributed by atoms with Crippen molar-refractivity contribution in [1.29, 1.82) is 0 Å². The molecule has 0 atom stereocenters. The number of amides is 1. The number of benzene rings is 3. The quantitative estimate of drug-likeness (QED) is 0.351. The van der Waals surface area contributed by atoms with Crippen molar-refractivity contribution in [2.75, 3.05) is 25.6 Å². The van der Waals surface area contributed by atoms with Crippen LogP contribution in [-0.2, 0) is 9.53 Å². The summed E-state index contributed by atoms with van der Waals surface area (Å²) in [5.41, 5.74) is 2.67. The van der Waals surface area contributed by atoms with E-state index in [9.17, 15) is 14.0 Å². The highest BCUT2D eigenvalue weighted by molar-refractivity contribution is 5.97. The van der Waals surface area contributed by atoms with Crippen LogP contribution < -0.4 is 14.8 Å². The summed E-state index contributed by atoms with van der Waals surface area (Å²) in [6.45, 7) is 1.64. The summed E-state index contributed by atoms with van der Waals surface area (Å²) in [7, 11) is 1.59. The molecule has 4 aromatic rings. The van der Waals surface area contributed by atoms with E-state index in [4.69, 9.17) is 19.2 Å². The molecular formula is C27H23FN2O5. The monoisotopic (exact) mass is 474 g/mol. The minimum Gasteiger partial charge on any atom is -0.497 e. The van der Waals surface area contributed by atoms with Crippen molar-refractivity contribution in [2.45, 2.75) is 6.92 Å². The molecule has 1 amide bonds. The number of anilines is 1. The molecule has 0 aliphatic rings. The molecule has 1 aromatic heterocycles. The van der Waals surface area contributed by atoms with Crippen LogP contribution in [0.3, 0.4) is 0 Å². The molecule has 4 rings (SSSR count). The van der Waals surface area contributed by atoms with Gasteiger partial charge in [-0.3, -0.25) is 4.79 Å². The second-order valence-electron chi connectivity index (χ2n) is 7.53. The van der Waals surface area contributed by atoms with E-state index >= 15 is 0 Å². The average molecular weight is 474 g/mol. The third-order valence-electron chi connectivity index (χ3n) is 5.13. The summed E-state index contributed by atoms with van der Waals surface area (Å²) in [6.07, 6.45) is 0. The Bertz CT molecular complexity index is 1370. The highest BCUT2D eigenvalue weighted by atomic mass is 19.1. The van der Waals surface area contributed by atoms with E-state index < -0.39 is 17.7 Å². The smallest absolute Gasteiger partial charge is 0.338 e. The van der Waals surface area contributed by atoms with Crippen LogP contribution in [0.15, 0.2) is 72.8 Å². The summed E-state index contributed by atoms with van der Waals surface area (Å²) in [5, 5.41) is 3.15. The molecule has 7 nitrogen and oxygen atoms in total. The first-order chi connectivity index (χ1) is 17.0. The van der Waals surface area contributed by atoms with Crippen molar-refractivity contribution < 1.29 is 28.2 Å². The van der Waals surface area contributed by atoms with Gasteiger partial charge in [0, 0.05) is 22.7 Å². The third-order valence-corrected chi connectivity index (χ3v) is 5.13. The van der Waals surface area contributed by atoms with Gasteiger partial charge in [0.15, 0.2) is 6.61 Å². The van der Waals surface area contributed by atoms with Gasteiger partial charge in [0.2, 0.25) is 0 Å². The molecule has 1 N–H and O–H groups in total. The molecular weight excluding hydrogens is 451 g/mol. The molecule has 0 aliphatic carbocycles. The number of aromatic nitrogens is 1. The maximum absolute atomic E-state index is 13.4. The summed E-state index contributed by atoms with van der Waals surface area (Å²) >= 11 is 0. The topological polar surface area (TPSA) is 86.8 Å². The number of carbonyl (C=O) groups excluding carboxylic acids is 2. The Kier molecular flexibility index (Phi) is 7.21. The number of methoxy groups -OCH3 is 1. The van der Waals surface area contributed by atoms with E-state index in [1.165, 1.54) is 18.2 Å². The van der Waals surface area contributed by atoms with Crippen molar-refractivity contribution in [3.63, 3.8) is 0 Å². The van der Waals surface area contributed by atoms with E-state index in [1.54, 1.807) is 44.4 Å². The first-order valence-corrected chi connectivity index (χ1v) is 10.9. The average Bonchev–Trinajstić information content (AvgIpc) is 2.87. The maximum Gasteiger partial charge on any atom is 0.338 e. The number of fused-ring (bicyclic) bond motifs is 1. The lowest BCUT2D eigenvalue weighted by molar-refractivity contribution is -0.118. The van der Waals surface area contributed by atoms with Gasteiger partial charge in [-0.2, -0.15) is 0 Å². The largest absolute Gasteiger partial charge is 0.497 e. The molecule has 0 bridgehead atoms. The number of hydrogen-bond donors (Lipinski definition) is 1. The fourth-order valence-electron chi connectivity index (χ4n) is 3.47. The van der Waals surface area contributed by atoms with Gasteiger partial charge >= 0.3 is 5.97 Å². The number of rotatable bonds is 8. The molecule has 3 aromatic carbocycles. The van der Waals surface area contributed by atoms with Gasteiger partial charge < -0.3 is 19.5 Å². The normalized spacial score (nSPS) is 10.6. The van der Waals surface area contributed by atoms with E-state index in [0.717, 1.165) is 5.56 Å². The molecule has 8 heteroatoms. The first kappa shape index (κ1) is 23.7. The number of hydrogen-bond acceptors (Lipinski definition) is 6.